The molecule has 1 saturated heterocycles. The van der Waals surface area contributed by atoms with Crippen LogP contribution in [0, 0.1) is 0 Å². The molecular weight excluding hydrogens is 558 g/mol. The minimum atomic E-state index is -0.246. The molecule has 202 valence electrons. The van der Waals surface area contributed by atoms with E-state index in [1.165, 1.54) is 0 Å². The predicted octanol–water partition coefficient (Wildman–Crippen LogP) is 5.96. The molecule has 0 N–H and O–H groups in total. The summed E-state index contributed by atoms with van der Waals surface area (Å²) in [5, 5.41) is 0.943. The molecule has 4 aromatic rings. The first-order valence-electron chi connectivity index (χ1n) is 13.4. The monoisotopic (exact) mass is 589 g/mol. The molecule has 0 bridgehead atoms. The summed E-state index contributed by atoms with van der Waals surface area (Å²) >= 11 is 3.69. The van der Waals surface area contributed by atoms with Gasteiger partial charge in [-0.1, -0.05) is 46.3 Å². The minimum Gasteiger partial charge on any atom is -0.378 e. The van der Waals surface area contributed by atoms with E-state index in [0.29, 0.717) is 31.9 Å². The van der Waals surface area contributed by atoms with Crippen molar-refractivity contribution in [3.05, 3.63) is 81.6 Å². The number of halogens is 1. The summed E-state index contributed by atoms with van der Waals surface area (Å²) in [6.45, 7) is 6.14. The molecule has 0 amide bonds. The maximum Gasteiger partial charge on any atom is 0.152 e. The molecule has 2 aromatic heterocycles. The second-order valence-corrected chi connectivity index (χ2v) is 11.1. The van der Waals surface area contributed by atoms with Gasteiger partial charge in [0.05, 0.1) is 60.8 Å². The fourth-order valence-electron chi connectivity index (χ4n) is 5.81. The molecule has 4 heterocycles. The number of rotatable bonds is 8. The molecule has 2 aromatic carbocycles. The van der Waals surface area contributed by atoms with E-state index in [2.05, 4.69) is 49.7 Å². The van der Waals surface area contributed by atoms with E-state index >= 15 is 0 Å². The summed E-state index contributed by atoms with van der Waals surface area (Å²) in [7, 11) is 1.69. The minimum absolute atomic E-state index is 0.0421. The lowest BCUT2D eigenvalue weighted by molar-refractivity contribution is 0.0281. The van der Waals surface area contributed by atoms with Crippen LogP contribution in [0.4, 0.5) is 5.69 Å². The zero-order chi connectivity index (χ0) is 26.9. The van der Waals surface area contributed by atoms with Gasteiger partial charge in [-0.05, 0) is 36.2 Å². The molecule has 1 unspecified atom stereocenters. The van der Waals surface area contributed by atoms with Crippen molar-refractivity contribution in [3.8, 4) is 11.3 Å². The van der Waals surface area contributed by atoms with Crippen LogP contribution in [0.15, 0.2) is 59.2 Å². The number of ether oxygens (including phenoxy) is 3. The predicted molar refractivity (Wildman–Crippen MR) is 155 cm³/mol. The van der Waals surface area contributed by atoms with E-state index in [-0.39, 0.29) is 12.2 Å². The number of hydrogen-bond donors (Lipinski definition) is 0. The number of morpholine rings is 1. The third kappa shape index (κ3) is 5.02. The Kier molecular flexibility index (Phi) is 7.53. The van der Waals surface area contributed by atoms with Gasteiger partial charge in [0, 0.05) is 54.2 Å². The van der Waals surface area contributed by atoms with Crippen molar-refractivity contribution in [2.45, 2.75) is 38.7 Å². The van der Waals surface area contributed by atoms with Crippen LogP contribution in [0.25, 0.3) is 22.2 Å². The van der Waals surface area contributed by atoms with Gasteiger partial charge in [0.1, 0.15) is 0 Å². The van der Waals surface area contributed by atoms with Gasteiger partial charge in [-0.2, -0.15) is 0 Å². The van der Waals surface area contributed by atoms with Gasteiger partial charge in [-0.15, -0.1) is 0 Å². The van der Waals surface area contributed by atoms with Gasteiger partial charge < -0.3 is 23.7 Å². The molecule has 39 heavy (non-hydrogen) atoms. The van der Waals surface area contributed by atoms with Crippen molar-refractivity contribution in [2.24, 2.45) is 0 Å². The summed E-state index contributed by atoms with van der Waals surface area (Å²) in [6, 6.07) is 16.6. The van der Waals surface area contributed by atoms with Crippen LogP contribution < -0.4 is 4.90 Å². The first-order chi connectivity index (χ1) is 19.1. The molecule has 7 nitrogen and oxygen atoms in total. The molecule has 2 aliphatic rings. The maximum absolute atomic E-state index is 12.8. The smallest absolute Gasteiger partial charge is 0.152 e. The average Bonchev–Trinajstić information content (AvgIpc) is 3.29. The number of hydrogen-bond acceptors (Lipinski definition) is 6. The molecule has 1 fully saturated rings. The Morgan fingerprint density at radius 3 is 2.72 bits per heavy atom. The van der Waals surface area contributed by atoms with Gasteiger partial charge >= 0.3 is 0 Å². The number of nitrogens with zero attached hydrogens (tertiary/aromatic N) is 3. The average molecular weight is 591 g/mol. The Balaban J connectivity index is 1.50. The Labute approximate surface area is 236 Å². The topological polar surface area (TPSA) is 65.8 Å². The van der Waals surface area contributed by atoms with Crippen molar-refractivity contribution in [1.82, 2.24) is 9.55 Å². The highest BCUT2D eigenvalue weighted by Crippen LogP contribution is 2.42. The van der Waals surface area contributed by atoms with E-state index in [9.17, 15) is 4.79 Å². The highest BCUT2D eigenvalue weighted by molar-refractivity contribution is 9.10. The second-order valence-electron chi connectivity index (χ2n) is 10.2. The Morgan fingerprint density at radius 2 is 1.97 bits per heavy atom. The van der Waals surface area contributed by atoms with Crippen LogP contribution in [-0.4, -0.2) is 55.4 Å². The molecule has 0 aliphatic carbocycles. The van der Waals surface area contributed by atoms with Gasteiger partial charge in [0.15, 0.2) is 6.29 Å². The zero-order valence-corrected chi connectivity index (χ0v) is 23.8. The lowest BCUT2D eigenvalue weighted by Gasteiger charge is -2.30. The lowest BCUT2D eigenvalue weighted by atomic mass is 10.0. The van der Waals surface area contributed by atoms with Crippen molar-refractivity contribution >= 4 is 38.8 Å². The third-order valence-electron chi connectivity index (χ3n) is 7.79. The molecular formula is C31H32BrN3O4. The van der Waals surface area contributed by atoms with E-state index in [1.807, 2.05) is 37.4 Å². The largest absolute Gasteiger partial charge is 0.378 e. The first-order valence-corrected chi connectivity index (χ1v) is 14.2. The Hall–Kier alpha value is -3.04. The number of benzene rings is 2. The van der Waals surface area contributed by atoms with Gasteiger partial charge in [-0.25, -0.2) is 0 Å². The summed E-state index contributed by atoms with van der Waals surface area (Å²) in [5.41, 5.74) is 7.67. The van der Waals surface area contributed by atoms with Crippen LogP contribution in [0.3, 0.4) is 0 Å². The highest BCUT2D eigenvalue weighted by Gasteiger charge is 2.31. The maximum atomic E-state index is 12.8. The van der Waals surface area contributed by atoms with Gasteiger partial charge in [0.2, 0.25) is 0 Å². The zero-order valence-electron chi connectivity index (χ0n) is 22.2. The highest BCUT2D eigenvalue weighted by atomic mass is 79.9. The normalized spacial score (nSPS) is 17.9. The molecule has 2 atom stereocenters. The number of carbonyl (C=O) groups excluding carboxylic acids is 1. The summed E-state index contributed by atoms with van der Waals surface area (Å²) in [4.78, 5) is 20.0. The molecule has 0 radical (unpaired) electrons. The summed E-state index contributed by atoms with van der Waals surface area (Å²) in [5.74, 6) is 0. The number of carbonyl (C=O) groups is 1. The van der Waals surface area contributed by atoms with E-state index < -0.39 is 0 Å². The number of methoxy groups -OCH3 is 1. The summed E-state index contributed by atoms with van der Waals surface area (Å²) < 4.78 is 21.0. The molecule has 0 spiro atoms. The molecule has 0 saturated carbocycles. The fourth-order valence-corrected chi connectivity index (χ4v) is 6.32. The van der Waals surface area contributed by atoms with Crippen LogP contribution >= 0.6 is 15.9 Å². The van der Waals surface area contributed by atoms with Crippen molar-refractivity contribution in [2.75, 3.05) is 38.3 Å². The van der Waals surface area contributed by atoms with Crippen LogP contribution in [-0.2, 0) is 33.8 Å². The number of pyridine rings is 1. The van der Waals surface area contributed by atoms with Crippen LogP contribution in [0.1, 0.15) is 40.2 Å². The fraction of sp³-hybridized carbons (Fsp3) is 0.355. The standard InChI is InChI=1S/C31H32BrN3O4/c1-20(37-2)29-27(15-24(16-33-29)34-8-10-38-11-9-34)31-28(18-36)26-14-23(32)12-22-13-25(17-35(31)30(22)26)39-19-21-6-4-3-5-7-21/h3-7,12,14-16,18,20,25H,8-11,13,17,19H2,1-2H3/t20-,25?/m0/s1. The number of aromatic nitrogens is 2. The lowest BCUT2D eigenvalue weighted by Crippen LogP contribution is -2.36. The summed E-state index contributed by atoms with van der Waals surface area (Å²) in [6.07, 6.45) is 3.38. The number of aldehydes is 1. The Bertz CT molecular complexity index is 1500. The van der Waals surface area contributed by atoms with Crippen molar-refractivity contribution < 1.29 is 19.0 Å². The second kappa shape index (κ2) is 11.2. The SMILES string of the molecule is CO[C@@H](C)c1ncc(N2CCOCC2)cc1-c1c(C=O)c2cc(Br)cc3c2n1CC(OCc1ccccc1)C3. The molecule has 2 aliphatic heterocycles. The number of anilines is 1. The van der Waals surface area contributed by atoms with Gasteiger partial charge in [0.25, 0.3) is 0 Å². The first kappa shape index (κ1) is 26.2. The quantitative estimate of drug-likeness (QED) is 0.236. The van der Waals surface area contributed by atoms with Crippen molar-refractivity contribution in [3.63, 3.8) is 0 Å². The van der Waals surface area contributed by atoms with Crippen LogP contribution in [0.2, 0.25) is 0 Å². The molecule has 8 heteroatoms. The van der Waals surface area contributed by atoms with E-state index in [0.717, 1.165) is 74.9 Å². The Morgan fingerprint density at radius 1 is 1.18 bits per heavy atom. The van der Waals surface area contributed by atoms with Gasteiger partial charge in [-0.3, -0.25) is 9.78 Å². The molecule has 6 rings (SSSR count). The van der Waals surface area contributed by atoms with Crippen molar-refractivity contribution in [1.29, 1.82) is 0 Å². The van der Waals surface area contributed by atoms with Crippen LogP contribution in [0.5, 0.6) is 0 Å². The third-order valence-corrected chi connectivity index (χ3v) is 8.25. The van der Waals surface area contributed by atoms with E-state index in [4.69, 9.17) is 19.2 Å². The van der Waals surface area contributed by atoms with E-state index in [1.54, 1.807) is 7.11 Å².